The van der Waals surface area contributed by atoms with Crippen molar-refractivity contribution in [3.63, 3.8) is 0 Å². The maximum Gasteiger partial charge on any atom is 0.436 e. The number of ether oxygens (including phenoxy) is 2. The van der Waals surface area contributed by atoms with Gasteiger partial charge in [0.15, 0.2) is 0 Å². The smallest absolute Gasteiger partial charge is 0.436 e. The van der Waals surface area contributed by atoms with Crippen molar-refractivity contribution in [3.8, 4) is 0 Å². The molecule has 0 fully saturated rings. The van der Waals surface area contributed by atoms with Crippen molar-refractivity contribution in [1.29, 1.82) is 0 Å². The van der Waals surface area contributed by atoms with Crippen molar-refractivity contribution in [1.82, 2.24) is 10.4 Å². The minimum absolute atomic E-state index is 0.0723. The highest BCUT2D eigenvalue weighted by molar-refractivity contribution is 6.03. The van der Waals surface area contributed by atoms with Crippen molar-refractivity contribution in [2.45, 2.75) is 66.1 Å². The Kier molecular flexibility index (Phi) is 7.18. The predicted octanol–water partition coefficient (Wildman–Crippen LogP) is 4.02. The summed E-state index contributed by atoms with van der Waals surface area (Å²) in [5.41, 5.74) is 3.35. The van der Waals surface area contributed by atoms with E-state index in [0.717, 1.165) is 5.56 Å². The van der Waals surface area contributed by atoms with Crippen LogP contribution in [0, 0.1) is 0 Å². The molecule has 1 N–H and O–H groups in total. The lowest BCUT2D eigenvalue weighted by atomic mass is 9.87. The Balaban J connectivity index is 3.06. The van der Waals surface area contributed by atoms with Gasteiger partial charge in [-0.1, -0.05) is 32.9 Å². The van der Waals surface area contributed by atoms with Crippen LogP contribution in [0.25, 0.3) is 0 Å². The van der Waals surface area contributed by atoms with E-state index in [-0.39, 0.29) is 11.0 Å². The summed E-state index contributed by atoms with van der Waals surface area (Å²) in [5.74, 6) is -0.711. The number of hydrogen-bond acceptors (Lipinski definition) is 5. The van der Waals surface area contributed by atoms with Gasteiger partial charge in [-0.2, -0.15) is 0 Å². The molecule has 7 heteroatoms. The third kappa shape index (κ3) is 6.38. The van der Waals surface area contributed by atoms with Gasteiger partial charge < -0.3 is 9.47 Å². The Morgan fingerprint density at radius 1 is 0.923 bits per heavy atom. The quantitative estimate of drug-likeness (QED) is 0.819. The zero-order valence-corrected chi connectivity index (χ0v) is 16.5. The van der Waals surface area contributed by atoms with E-state index in [2.05, 4.69) is 26.2 Å². The van der Waals surface area contributed by atoms with Gasteiger partial charge in [-0.3, -0.25) is 4.79 Å². The first-order valence-corrected chi connectivity index (χ1v) is 8.54. The molecule has 0 spiro atoms. The standard InChI is InChI=1S/C19H28N2O5/c1-12(2)25-17(23)20-21(18(24)26-13(3)4)16(22)14-8-10-15(11-9-14)19(5,6)7/h8-13H,1-7H3,(H,20,23). The molecule has 3 amide bonds. The summed E-state index contributed by atoms with van der Waals surface area (Å²) < 4.78 is 9.97. The van der Waals surface area contributed by atoms with Gasteiger partial charge >= 0.3 is 12.2 Å². The second-order valence-electron chi connectivity index (χ2n) is 7.47. The molecule has 0 saturated heterocycles. The topological polar surface area (TPSA) is 84.9 Å². The number of carbonyl (C=O) groups excluding carboxylic acids is 3. The lowest BCUT2D eigenvalue weighted by Gasteiger charge is -2.23. The molecule has 0 aliphatic rings. The zero-order chi connectivity index (χ0) is 20.1. The van der Waals surface area contributed by atoms with Crippen LogP contribution in [-0.4, -0.2) is 35.3 Å². The highest BCUT2D eigenvalue weighted by Crippen LogP contribution is 2.22. The average Bonchev–Trinajstić information content (AvgIpc) is 2.49. The number of nitrogens with one attached hydrogen (secondary N) is 1. The summed E-state index contributed by atoms with van der Waals surface area (Å²) in [6.45, 7) is 12.8. The second kappa shape index (κ2) is 8.69. The molecule has 0 aliphatic carbocycles. The summed E-state index contributed by atoms with van der Waals surface area (Å²) in [5, 5.41) is 0.525. The Hall–Kier alpha value is -2.57. The number of carbonyl (C=O) groups is 3. The molecule has 26 heavy (non-hydrogen) atoms. The van der Waals surface area contributed by atoms with Crippen LogP contribution in [0.4, 0.5) is 9.59 Å². The summed E-state index contributed by atoms with van der Waals surface area (Å²) in [6.07, 6.45) is -2.76. The first-order chi connectivity index (χ1) is 11.9. The van der Waals surface area contributed by atoms with Gasteiger partial charge in [0.1, 0.15) is 0 Å². The molecule has 7 nitrogen and oxygen atoms in total. The summed E-state index contributed by atoms with van der Waals surface area (Å²) in [7, 11) is 0. The van der Waals surface area contributed by atoms with E-state index in [1.807, 2.05) is 12.1 Å². The maximum atomic E-state index is 12.7. The van der Waals surface area contributed by atoms with Crippen LogP contribution in [0.1, 0.15) is 64.4 Å². The van der Waals surface area contributed by atoms with Crippen molar-refractivity contribution in [3.05, 3.63) is 35.4 Å². The SMILES string of the molecule is CC(C)OC(=O)NN(C(=O)OC(C)C)C(=O)c1ccc(C(C)(C)C)cc1. The molecule has 144 valence electrons. The Labute approximate surface area is 154 Å². The fourth-order valence-corrected chi connectivity index (χ4v) is 2.01. The van der Waals surface area contributed by atoms with Gasteiger partial charge in [0, 0.05) is 5.56 Å². The van der Waals surface area contributed by atoms with Crippen LogP contribution in [0.2, 0.25) is 0 Å². The summed E-state index contributed by atoms with van der Waals surface area (Å²) in [6, 6.07) is 6.83. The molecular formula is C19H28N2O5. The second-order valence-corrected chi connectivity index (χ2v) is 7.47. The zero-order valence-electron chi connectivity index (χ0n) is 16.5. The Bertz CT molecular complexity index is 645. The molecule has 0 bridgehead atoms. The molecule has 0 aromatic heterocycles. The highest BCUT2D eigenvalue weighted by atomic mass is 16.6. The van der Waals surface area contributed by atoms with E-state index in [9.17, 15) is 14.4 Å². The van der Waals surface area contributed by atoms with E-state index in [4.69, 9.17) is 9.47 Å². The lowest BCUT2D eigenvalue weighted by Crippen LogP contribution is -2.51. The van der Waals surface area contributed by atoms with Crippen molar-refractivity contribution >= 4 is 18.1 Å². The molecule has 0 atom stereocenters. The van der Waals surface area contributed by atoms with Gasteiger partial charge in [0.25, 0.3) is 5.91 Å². The van der Waals surface area contributed by atoms with Crippen LogP contribution in [0.15, 0.2) is 24.3 Å². The van der Waals surface area contributed by atoms with Crippen LogP contribution in [-0.2, 0) is 14.9 Å². The first-order valence-electron chi connectivity index (χ1n) is 8.54. The molecule has 0 heterocycles. The molecule has 0 radical (unpaired) electrons. The van der Waals surface area contributed by atoms with Crippen LogP contribution in [0.5, 0.6) is 0 Å². The monoisotopic (exact) mass is 364 g/mol. The average molecular weight is 364 g/mol. The third-order valence-corrected chi connectivity index (χ3v) is 3.27. The minimum Gasteiger partial charge on any atom is -0.446 e. The number of amides is 3. The van der Waals surface area contributed by atoms with Crippen LogP contribution >= 0.6 is 0 Å². The van der Waals surface area contributed by atoms with Crippen molar-refractivity contribution in [2.24, 2.45) is 0 Å². The summed E-state index contributed by atoms with van der Waals surface area (Å²) in [4.78, 5) is 36.8. The van der Waals surface area contributed by atoms with Gasteiger partial charge in [-0.15, -0.1) is 5.01 Å². The van der Waals surface area contributed by atoms with E-state index >= 15 is 0 Å². The fourth-order valence-electron chi connectivity index (χ4n) is 2.01. The molecule has 1 aromatic carbocycles. The van der Waals surface area contributed by atoms with Gasteiger partial charge in [-0.05, 0) is 50.8 Å². The number of hydrazine groups is 1. The molecular weight excluding hydrogens is 336 g/mol. The van der Waals surface area contributed by atoms with Crippen LogP contribution < -0.4 is 5.43 Å². The fraction of sp³-hybridized carbons (Fsp3) is 0.526. The number of rotatable bonds is 3. The molecule has 0 aliphatic heterocycles. The molecule has 0 saturated carbocycles. The van der Waals surface area contributed by atoms with Gasteiger partial charge in [0.05, 0.1) is 12.2 Å². The predicted molar refractivity (Wildman–Crippen MR) is 97.7 cm³/mol. The number of imide groups is 1. The highest BCUT2D eigenvalue weighted by Gasteiger charge is 2.28. The van der Waals surface area contributed by atoms with Crippen molar-refractivity contribution < 1.29 is 23.9 Å². The third-order valence-electron chi connectivity index (χ3n) is 3.27. The normalized spacial score (nSPS) is 11.3. The minimum atomic E-state index is -0.981. The molecule has 1 aromatic rings. The summed E-state index contributed by atoms with van der Waals surface area (Å²) >= 11 is 0. The van der Waals surface area contributed by atoms with E-state index in [1.165, 1.54) is 0 Å². The van der Waals surface area contributed by atoms with Gasteiger partial charge in [0.2, 0.25) is 0 Å². The number of hydrogen-bond donors (Lipinski definition) is 1. The molecule has 1 rings (SSSR count). The van der Waals surface area contributed by atoms with Gasteiger partial charge in [-0.25, -0.2) is 15.0 Å². The van der Waals surface area contributed by atoms with E-state index in [0.29, 0.717) is 5.01 Å². The number of benzene rings is 1. The molecule has 0 unspecified atom stereocenters. The van der Waals surface area contributed by atoms with Crippen molar-refractivity contribution in [2.75, 3.05) is 0 Å². The Morgan fingerprint density at radius 3 is 1.85 bits per heavy atom. The Morgan fingerprint density at radius 2 is 1.42 bits per heavy atom. The van der Waals surface area contributed by atoms with E-state index in [1.54, 1.807) is 39.8 Å². The first kappa shape index (κ1) is 21.5. The lowest BCUT2D eigenvalue weighted by molar-refractivity contribution is 0.0383. The largest absolute Gasteiger partial charge is 0.446 e. The number of nitrogens with zero attached hydrogens (tertiary/aromatic N) is 1. The van der Waals surface area contributed by atoms with Crippen LogP contribution in [0.3, 0.4) is 0 Å². The van der Waals surface area contributed by atoms with E-state index < -0.39 is 30.3 Å². The maximum absolute atomic E-state index is 12.7.